The van der Waals surface area contributed by atoms with E-state index >= 15 is 0 Å². The second-order valence-corrected chi connectivity index (χ2v) is 6.94. The lowest BCUT2D eigenvalue weighted by Gasteiger charge is -2.08. The van der Waals surface area contributed by atoms with Crippen molar-refractivity contribution in [3.05, 3.63) is 58.1 Å². The summed E-state index contributed by atoms with van der Waals surface area (Å²) in [5.74, 6) is -0.405. The molecule has 5 nitrogen and oxygen atoms in total. The molecule has 21 heavy (non-hydrogen) atoms. The normalized spacial score (nSPS) is 11.2. The number of benzene rings is 2. The molecule has 1 amide bonds. The molecule has 0 bridgehead atoms. The third-order valence-corrected chi connectivity index (χ3v) is 4.39. The Labute approximate surface area is 131 Å². The number of sulfonamides is 1. The second kappa shape index (κ2) is 5.97. The lowest BCUT2D eigenvalue weighted by molar-refractivity contribution is 0.102. The van der Waals surface area contributed by atoms with E-state index in [1.54, 1.807) is 37.3 Å². The first-order valence-corrected chi connectivity index (χ1v) is 8.31. The first kappa shape index (κ1) is 15.7. The lowest BCUT2D eigenvalue weighted by Crippen LogP contribution is -2.17. The molecule has 0 aliphatic heterocycles. The zero-order valence-electron chi connectivity index (χ0n) is 11.1. The molecule has 0 aromatic heterocycles. The van der Waals surface area contributed by atoms with Gasteiger partial charge in [-0.15, -0.1) is 0 Å². The van der Waals surface area contributed by atoms with Crippen LogP contribution in [0.5, 0.6) is 0 Å². The predicted molar refractivity (Wildman–Crippen MR) is 84.6 cm³/mol. The quantitative estimate of drug-likeness (QED) is 0.872. The van der Waals surface area contributed by atoms with Gasteiger partial charge in [-0.1, -0.05) is 28.1 Å². The van der Waals surface area contributed by atoms with Crippen LogP contribution in [0.4, 0.5) is 5.69 Å². The summed E-state index contributed by atoms with van der Waals surface area (Å²) in [6, 6.07) is 11.5. The van der Waals surface area contributed by atoms with Crippen molar-refractivity contribution in [1.29, 1.82) is 0 Å². The topological polar surface area (TPSA) is 89.3 Å². The van der Waals surface area contributed by atoms with Crippen molar-refractivity contribution in [2.45, 2.75) is 11.8 Å². The number of anilines is 1. The molecule has 2 rings (SSSR count). The molecule has 3 N–H and O–H groups in total. The molecule has 0 fully saturated rings. The van der Waals surface area contributed by atoms with Gasteiger partial charge in [0.05, 0.1) is 4.90 Å². The van der Waals surface area contributed by atoms with Crippen molar-refractivity contribution < 1.29 is 13.2 Å². The van der Waals surface area contributed by atoms with Gasteiger partial charge in [-0.05, 0) is 42.8 Å². The maximum absolute atomic E-state index is 12.2. The van der Waals surface area contributed by atoms with Crippen molar-refractivity contribution in [2.24, 2.45) is 5.14 Å². The van der Waals surface area contributed by atoms with E-state index in [4.69, 9.17) is 5.14 Å². The van der Waals surface area contributed by atoms with E-state index < -0.39 is 15.9 Å². The predicted octanol–water partition coefficient (Wildman–Crippen LogP) is 2.66. The third-order valence-electron chi connectivity index (χ3n) is 2.84. The standard InChI is InChI=1S/C14H13BrN2O3S/c1-9-5-6-10(7-13(9)21(16,19)20)14(18)17-12-4-2-3-11(15)8-12/h2-8H,1H3,(H,17,18)(H2,16,19,20). The summed E-state index contributed by atoms with van der Waals surface area (Å²) in [5, 5.41) is 7.83. The van der Waals surface area contributed by atoms with Gasteiger partial charge in [-0.2, -0.15) is 0 Å². The number of nitrogens with one attached hydrogen (secondary N) is 1. The number of primary sulfonamides is 1. The van der Waals surface area contributed by atoms with Gasteiger partial charge in [-0.3, -0.25) is 4.79 Å². The minimum atomic E-state index is -3.86. The lowest BCUT2D eigenvalue weighted by atomic mass is 10.1. The van der Waals surface area contributed by atoms with Gasteiger partial charge < -0.3 is 5.32 Å². The number of carbonyl (C=O) groups is 1. The van der Waals surface area contributed by atoms with Gasteiger partial charge in [0.1, 0.15) is 0 Å². The van der Waals surface area contributed by atoms with Crippen molar-refractivity contribution in [2.75, 3.05) is 5.32 Å². The highest BCUT2D eigenvalue weighted by Gasteiger charge is 2.15. The van der Waals surface area contributed by atoms with Gasteiger partial charge >= 0.3 is 0 Å². The average molecular weight is 369 g/mol. The molecule has 2 aromatic rings. The van der Waals surface area contributed by atoms with Crippen molar-refractivity contribution >= 4 is 37.5 Å². The SMILES string of the molecule is Cc1ccc(C(=O)Nc2cccc(Br)c2)cc1S(N)(=O)=O. The van der Waals surface area contributed by atoms with Crippen LogP contribution < -0.4 is 10.5 Å². The van der Waals surface area contributed by atoms with Crippen molar-refractivity contribution in [1.82, 2.24) is 0 Å². The Morgan fingerprint density at radius 2 is 1.90 bits per heavy atom. The molecule has 0 saturated heterocycles. The van der Waals surface area contributed by atoms with Crippen molar-refractivity contribution in [3.8, 4) is 0 Å². The number of amides is 1. The Kier molecular flexibility index (Phi) is 4.46. The highest BCUT2D eigenvalue weighted by Crippen LogP contribution is 2.19. The molecule has 0 unspecified atom stereocenters. The first-order chi connectivity index (χ1) is 9.77. The van der Waals surface area contributed by atoms with E-state index in [1.807, 2.05) is 6.07 Å². The Balaban J connectivity index is 2.32. The third kappa shape index (κ3) is 3.90. The average Bonchev–Trinajstić information content (AvgIpc) is 2.37. The molecule has 0 saturated carbocycles. The Bertz CT molecular complexity index is 804. The molecule has 0 heterocycles. The van der Waals surface area contributed by atoms with Crippen LogP contribution in [0.1, 0.15) is 15.9 Å². The highest BCUT2D eigenvalue weighted by atomic mass is 79.9. The summed E-state index contributed by atoms with van der Waals surface area (Å²) >= 11 is 3.31. The van der Waals surface area contributed by atoms with Gasteiger partial charge in [0.15, 0.2) is 0 Å². The maximum atomic E-state index is 12.2. The van der Waals surface area contributed by atoms with Crippen LogP contribution in [0.25, 0.3) is 0 Å². The summed E-state index contributed by atoms with van der Waals surface area (Å²) in [6.45, 7) is 1.62. The molecule has 0 spiro atoms. The van der Waals surface area contributed by atoms with Gasteiger partial charge in [0, 0.05) is 15.7 Å². The van der Waals surface area contributed by atoms with E-state index in [0.29, 0.717) is 11.3 Å². The molecule has 0 atom stereocenters. The van der Waals surface area contributed by atoms with Crippen molar-refractivity contribution in [3.63, 3.8) is 0 Å². The molecule has 2 aromatic carbocycles. The summed E-state index contributed by atoms with van der Waals surface area (Å²) < 4.78 is 23.8. The minimum Gasteiger partial charge on any atom is -0.322 e. The van der Waals surface area contributed by atoms with E-state index in [-0.39, 0.29) is 10.5 Å². The molecule has 110 valence electrons. The van der Waals surface area contributed by atoms with E-state index in [9.17, 15) is 13.2 Å². The van der Waals surface area contributed by atoms with E-state index in [2.05, 4.69) is 21.2 Å². The van der Waals surface area contributed by atoms with E-state index in [0.717, 1.165) is 4.47 Å². The summed E-state index contributed by atoms with van der Waals surface area (Å²) in [5.41, 5.74) is 1.33. The highest BCUT2D eigenvalue weighted by molar-refractivity contribution is 9.10. The smallest absolute Gasteiger partial charge is 0.255 e. The van der Waals surface area contributed by atoms with Crippen LogP contribution in [0.15, 0.2) is 51.8 Å². The fourth-order valence-electron chi connectivity index (χ4n) is 1.82. The summed E-state index contributed by atoms with van der Waals surface area (Å²) in [7, 11) is -3.86. The Hall–Kier alpha value is -1.70. The molecule has 0 aliphatic carbocycles. The first-order valence-electron chi connectivity index (χ1n) is 5.98. The van der Waals surface area contributed by atoms with E-state index in [1.165, 1.54) is 6.07 Å². The van der Waals surface area contributed by atoms with Gasteiger partial charge in [0.2, 0.25) is 10.0 Å². The molecular weight excluding hydrogens is 356 g/mol. The summed E-state index contributed by atoms with van der Waals surface area (Å²) in [4.78, 5) is 12.1. The second-order valence-electron chi connectivity index (χ2n) is 4.49. The Morgan fingerprint density at radius 1 is 1.19 bits per heavy atom. The van der Waals surface area contributed by atoms with Gasteiger partial charge in [-0.25, -0.2) is 13.6 Å². The molecular formula is C14H13BrN2O3S. The number of halogens is 1. The fraction of sp³-hybridized carbons (Fsp3) is 0.0714. The van der Waals surface area contributed by atoms with Crippen LogP contribution in [-0.2, 0) is 10.0 Å². The fourth-order valence-corrected chi connectivity index (χ4v) is 3.02. The van der Waals surface area contributed by atoms with Crippen LogP contribution in [0, 0.1) is 6.92 Å². The number of hydrogen-bond acceptors (Lipinski definition) is 3. The summed E-state index contributed by atoms with van der Waals surface area (Å²) in [6.07, 6.45) is 0. The van der Waals surface area contributed by atoms with Gasteiger partial charge in [0.25, 0.3) is 5.91 Å². The Morgan fingerprint density at radius 3 is 2.52 bits per heavy atom. The number of nitrogens with two attached hydrogens (primary N) is 1. The van der Waals surface area contributed by atoms with Crippen LogP contribution in [0.2, 0.25) is 0 Å². The molecule has 7 heteroatoms. The number of carbonyl (C=O) groups excluding carboxylic acids is 1. The van der Waals surface area contributed by atoms with Crippen LogP contribution in [-0.4, -0.2) is 14.3 Å². The zero-order valence-corrected chi connectivity index (χ0v) is 13.5. The largest absolute Gasteiger partial charge is 0.322 e. The monoisotopic (exact) mass is 368 g/mol. The molecule has 0 radical (unpaired) electrons. The molecule has 0 aliphatic rings. The number of rotatable bonds is 3. The minimum absolute atomic E-state index is 0.0515. The number of hydrogen-bond donors (Lipinski definition) is 2. The maximum Gasteiger partial charge on any atom is 0.255 e. The zero-order chi connectivity index (χ0) is 15.6. The van der Waals surface area contributed by atoms with Crippen LogP contribution >= 0.6 is 15.9 Å². The number of aryl methyl sites for hydroxylation is 1. The van der Waals surface area contributed by atoms with Crippen LogP contribution in [0.3, 0.4) is 0 Å².